The van der Waals surface area contributed by atoms with E-state index in [0.29, 0.717) is 10.6 Å². The first-order valence-electron chi connectivity index (χ1n) is 8.09. The molecule has 0 N–H and O–H groups in total. The van der Waals surface area contributed by atoms with Gasteiger partial charge in [-0.05, 0) is 24.1 Å². The number of nitrogens with zero attached hydrogens (tertiary/aromatic N) is 3. The highest BCUT2D eigenvalue weighted by Crippen LogP contribution is 2.33. The Hall–Kier alpha value is -2.19. The lowest BCUT2D eigenvalue weighted by atomic mass is 10.1. The molecule has 1 aliphatic heterocycles. The third-order valence-electron chi connectivity index (χ3n) is 4.46. The third kappa shape index (κ3) is 3.66. The van der Waals surface area contributed by atoms with E-state index in [4.69, 9.17) is 11.6 Å². The van der Waals surface area contributed by atoms with Gasteiger partial charge in [0.15, 0.2) is 9.84 Å². The highest BCUT2D eigenvalue weighted by Gasteiger charge is 2.34. The summed E-state index contributed by atoms with van der Waals surface area (Å²) in [6, 6.07) is 9.48. The molecule has 0 spiro atoms. The van der Waals surface area contributed by atoms with Gasteiger partial charge >= 0.3 is 0 Å². The smallest absolute Gasteiger partial charge is 0.274 e. The summed E-state index contributed by atoms with van der Waals surface area (Å²) < 4.78 is 26.5. The minimum Gasteiger partial charge on any atom is -0.336 e. The Kier molecular flexibility index (Phi) is 5.15. The lowest BCUT2D eigenvalue weighted by Crippen LogP contribution is -2.35. The Morgan fingerprint density at radius 2 is 1.92 bits per heavy atom. The molecule has 2 aromatic rings. The second-order valence-corrected chi connectivity index (χ2v) is 8.85. The van der Waals surface area contributed by atoms with Crippen LogP contribution in [-0.2, 0) is 16.9 Å². The second kappa shape index (κ2) is 7.20. The van der Waals surface area contributed by atoms with Crippen molar-refractivity contribution in [3.05, 3.63) is 63.0 Å². The summed E-state index contributed by atoms with van der Waals surface area (Å²) in [7, 11) is -2.00. The largest absolute Gasteiger partial charge is 0.336 e. The van der Waals surface area contributed by atoms with Crippen LogP contribution in [0.15, 0.2) is 41.2 Å². The fraction of sp³-hybridized carbons (Fsp3) is 0.353. The number of sulfone groups is 1. The molecule has 1 aromatic carbocycles. The molecular formula is C17H18ClN3O4S. The minimum atomic E-state index is -3.45. The predicted molar refractivity (Wildman–Crippen MR) is 98.0 cm³/mol. The van der Waals surface area contributed by atoms with Gasteiger partial charge in [0, 0.05) is 31.2 Å². The molecule has 0 radical (unpaired) electrons. The number of amides is 1. The summed E-state index contributed by atoms with van der Waals surface area (Å²) in [5.74, 6) is -0.545. The fourth-order valence-corrected chi connectivity index (χ4v) is 5.16. The van der Waals surface area contributed by atoms with E-state index in [2.05, 4.69) is 5.10 Å². The number of halogens is 1. The van der Waals surface area contributed by atoms with E-state index in [0.717, 1.165) is 4.68 Å². The quantitative estimate of drug-likeness (QED) is 0.767. The topological polar surface area (TPSA) is 89.3 Å². The summed E-state index contributed by atoms with van der Waals surface area (Å²) in [6.07, 6.45) is 0.254. The van der Waals surface area contributed by atoms with Crippen molar-refractivity contribution in [3.8, 4) is 0 Å². The number of carbonyl (C=O) groups is 1. The van der Waals surface area contributed by atoms with E-state index in [-0.39, 0.29) is 36.5 Å². The van der Waals surface area contributed by atoms with Crippen molar-refractivity contribution in [1.82, 2.24) is 14.7 Å². The Bertz CT molecular complexity index is 1000. The van der Waals surface area contributed by atoms with Gasteiger partial charge in [-0.25, -0.2) is 13.1 Å². The Morgan fingerprint density at radius 1 is 1.19 bits per heavy atom. The van der Waals surface area contributed by atoms with E-state index in [9.17, 15) is 18.0 Å². The van der Waals surface area contributed by atoms with Crippen LogP contribution in [0.1, 0.15) is 27.7 Å². The van der Waals surface area contributed by atoms with Crippen LogP contribution in [0.5, 0.6) is 0 Å². The standard InChI is InChI=1S/C17H18ClN3O4S/c1-20-16(22)7-6-14(19-20)17(23)21-9-8-15(26(24,25)11-10-21)12-4-2-3-5-13(12)18/h2-7,15H,8-11H2,1H3. The first kappa shape index (κ1) is 18.6. The zero-order valence-corrected chi connectivity index (χ0v) is 15.7. The van der Waals surface area contributed by atoms with Crippen LogP contribution in [0.25, 0.3) is 0 Å². The summed E-state index contributed by atoms with van der Waals surface area (Å²) in [4.78, 5) is 25.5. The van der Waals surface area contributed by atoms with Crippen LogP contribution in [-0.4, -0.2) is 47.8 Å². The normalized spacial score (nSPS) is 19.8. The number of benzene rings is 1. The van der Waals surface area contributed by atoms with Crippen LogP contribution >= 0.6 is 11.6 Å². The van der Waals surface area contributed by atoms with Crippen LogP contribution in [0.2, 0.25) is 5.02 Å². The molecule has 0 saturated carbocycles. The van der Waals surface area contributed by atoms with Crippen molar-refractivity contribution in [1.29, 1.82) is 0 Å². The molecule has 7 nitrogen and oxygen atoms in total. The van der Waals surface area contributed by atoms with Gasteiger partial charge in [0.2, 0.25) is 0 Å². The highest BCUT2D eigenvalue weighted by molar-refractivity contribution is 7.91. The monoisotopic (exact) mass is 395 g/mol. The van der Waals surface area contributed by atoms with Gasteiger partial charge in [0.1, 0.15) is 5.69 Å². The van der Waals surface area contributed by atoms with Gasteiger partial charge < -0.3 is 4.90 Å². The maximum absolute atomic E-state index is 12.7. The fourth-order valence-electron chi connectivity index (χ4n) is 3.01. The van der Waals surface area contributed by atoms with E-state index < -0.39 is 21.0 Å². The molecule has 1 aromatic heterocycles. The average molecular weight is 396 g/mol. The Labute approximate surface area is 156 Å². The first-order chi connectivity index (χ1) is 12.3. The van der Waals surface area contributed by atoms with Crippen molar-refractivity contribution in [2.24, 2.45) is 7.05 Å². The number of hydrogen-bond acceptors (Lipinski definition) is 5. The third-order valence-corrected chi connectivity index (χ3v) is 6.91. The molecular weight excluding hydrogens is 378 g/mol. The molecule has 0 bridgehead atoms. The lowest BCUT2D eigenvalue weighted by molar-refractivity contribution is 0.0758. The number of carbonyl (C=O) groups excluding carboxylic acids is 1. The van der Waals surface area contributed by atoms with Crippen molar-refractivity contribution < 1.29 is 13.2 Å². The second-order valence-electron chi connectivity index (χ2n) is 6.14. The summed E-state index contributed by atoms with van der Waals surface area (Å²) in [5, 5.41) is 3.60. The number of rotatable bonds is 2. The number of aromatic nitrogens is 2. The van der Waals surface area contributed by atoms with Crippen LogP contribution in [0, 0.1) is 0 Å². The predicted octanol–water partition coefficient (Wildman–Crippen LogP) is 1.44. The summed E-state index contributed by atoms with van der Waals surface area (Å²) in [5.41, 5.74) is 0.350. The van der Waals surface area contributed by atoms with Crippen molar-refractivity contribution >= 4 is 27.3 Å². The lowest BCUT2D eigenvalue weighted by Gasteiger charge is -2.19. The zero-order chi connectivity index (χ0) is 18.9. The average Bonchev–Trinajstić information content (AvgIpc) is 2.75. The minimum absolute atomic E-state index is 0.0760. The van der Waals surface area contributed by atoms with Crippen molar-refractivity contribution in [3.63, 3.8) is 0 Å². The van der Waals surface area contributed by atoms with Crippen molar-refractivity contribution in [2.45, 2.75) is 11.7 Å². The molecule has 2 heterocycles. The van der Waals surface area contributed by atoms with Crippen molar-refractivity contribution in [2.75, 3.05) is 18.8 Å². The SMILES string of the molecule is Cn1nc(C(=O)N2CCC(c3ccccc3Cl)S(=O)(=O)CC2)ccc1=O. The van der Waals surface area contributed by atoms with Crippen LogP contribution in [0.4, 0.5) is 0 Å². The maximum Gasteiger partial charge on any atom is 0.274 e. The number of hydrogen-bond donors (Lipinski definition) is 0. The molecule has 9 heteroatoms. The van der Waals surface area contributed by atoms with Gasteiger partial charge in [0.25, 0.3) is 11.5 Å². The molecule has 1 atom stereocenters. The van der Waals surface area contributed by atoms with Crippen LogP contribution < -0.4 is 5.56 Å². The molecule has 138 valence electrons. The van der Waals surface area contributed by atoms with Gasteiger partial charge in [-0.15, -0.1) is 0 Å². The van der Waals surface area contributed by atoms with Gasteiger partial charge in [-0.2, -0.15) is 5.10 Å². The molecule has 1 unspecified atom stereocenters. The van der Waals surface area contributed by atoms with Crippen LogP contribution in [0.3, 0.4) is 0 Å². The Balaban J connectivity index is 1.86. The van der Waals surface area contributed by atoms with E-state index in [1.165, 1.54) is 24.1 Å². The summed E-state index contributed by atoms with van der Waals surface area (Å²) in [6.45, 7) is 0.338. The number of aryl methyl sites for hydroxylation is 1. The maximum atomic E-state index is 12.7. The molecule has 26 heavy (non-hydrogen) atoms. The van der Waals surface area contributed by atoms with Gasteiger partial charge in [0.05, 0.1) is 11.0 Å². The molecule has 1 saturated heterocycles. The first-order valence-corrected chi connectivity index (χ1v) is 10.2. The molecule has 1 aliphatic rings. The molecule has 1 fully saturated rings. The van der Waals surface area contributed by atoms with E-state index in [1.54, 1.807) is 24.3 Å². The molecule has 3 rings (SSSR count). The van der Waals surface area contributed by atoms with Gasteiger partial charge in [-0.3, -0.25) is 9.59 Å². The molecule has 0 aliphatic carbocycles. The zero-order valence-electron chi connectivity index (χ0n) is 14.1. The summed E-state index contributed by atoms with van der Waals surface area (Å²) >= 11 is 6.18. The van der Waals surface area contributed by atoms with Gasteiger partial charge in [-0.1, -0.05) is 29.8 Å². The molecule has 1 amide bonds. The van der Waals surface area contributed by atoms with E-state index in [1.807, 2.05) is 0 Å². The Morgan fingerprint density at radius 3 is 2.62 bits per heavy atom. The highest BCUT2D eigenvalue weighted by atomic mass is 35.5. The van der Waals surface area contributed by atoms with E-state index >= 15 is 0 Å².